The third-order valence-corrected chi connectivity index (χ3v) is 5.96. The molecule has 0 unspecified atom stereocenters. The number of nitrogens with zero attached hydrogens (tertiary/aromatic N) is 2. The third kappa shape index (κ3) is 3.89. The Bertz CT molecular complexity index is 702. The van der Waals surface area contributed by atoms with Crippen LogP contribution in [0.15, 0.2) is 29.2 Å². The SMILES string of the molecule is CCCNC(=O)C1CCN(S(=O)(=O)c2ccccc2C#N)CC1. The van der Waals surface area contributed by atoms with Gasteiger partial charge in [0.05, 0.1) is 10.5 Å². The standard InChI is InChI=1S/C16H21N3O3S/c1-2-9-18-16(20)13-7-10-19(11-8-13)23(21,22)15-6-4-3-5-14(15)12-17/h3-6,13H,2,7-11H2,1H3,(H,18,20). The Balaban J connectivity index is 2.07. The molecule has 1 fully saturated rings. The summed E-state index contributed by atoms with van der Waals surface area (Å²) < 4.78 is 26.7. The number of hydrogen-bond acceptors (Lipinski definition) is 4. The minimum Gasteiger partial charge on any atom is -0.356 e. The van der Waals surface area contributed by atoms with Gasteiger partial charge in [0.25, 0.3) is 0 Å². The topological polar surface area (TPSA) is 90.3 Å². The van der Waals surface area contributed by atoms with Gasteiger partial charge in [-0.2, -0.15) is 9.57 Å². The maximum atomic E-state index is 12.7. The molecule has 0 aromatic heterocycles. The number of piperidine rings is 1. The van der Waals surface area contributed by atoms with Crippen molar-refractivity contribution in [2.24, 2.45) is 5.92 Å². The van der Waals surface area contributed by atoms with E-state index in [-0.39, 0.29) is 22.3 Å². The van der Waals surface area contributed by atoms with E-state index in [1.54, 1.807) is 12.1 Å². The lowest BCUT2D eigenvalue weighted by Gasteiger charge is -2.30. The molecule has 23 heavy (non-hydrogen) atoms. The second-order valence-electron chi connectivity index (χ2n) is 5.58. The Morgan fingerprint density at radius 2 is 2.00 bits per heavy atom. The molecule has 0 aliphatic carbocycles. The molecule has 7 heteroatoms. The molecule has 0 bridgehead atoms. The average molecular weight is 335 g/mol. The van der Waals surface area contributed by atoms with Crippen LogP contribution in [0.25, 0.3) is 0 Å². The maximum absolute atomic E-state index is 12.7. The smallest absolute Gasteiger partial charge is 0.244 e. The van der Waals surface area contributed by atoms with Crippen molar-refractivity contribution in [2.45, 2.75) is 31.1 Å². The Hall–Kier alpha value is -1.91. The van der Waals surface area contributed by atoms with E-state index in [4.69, 9.17) is 5.26 Å². The molecule has 6 nitrogen and oxygen atoms in total. The fraction of sp³-hybridized carbons (Fsp3) is 0.500. The van der Waals surface area contributed by atoms with E-state index in [9.17, 15) is 13.2 Å². The highest BCUT2D eigenvalue weighted by molar-refractivity contribution is 7.89. The molecule has 1 amide bonds. The van der Waals surface area contributed by atoms with Crippen molar-refractivity contribution in [3.05, 3.63) is 29.8 Å². The molecule has 1 aliphatic heterocycles. The van der Waals surface area contributed by atoms with Gasteiger partial charge >= 0.3 is 0 Å². The molecular weight excluding hydrogens is 314 g/mol. The molecule has 1 heterocycles. The summed E-state index contributed by atoms with van der Waals surface area (Å²) in [5.41, 5.74) is 0.148. The number of rotatable bonds is 5. The monoisotopic (exact) mass is 335 g/mol. The molecule has 0 radical (unpaired) electrons. The van der Waals surface area contributed by atoms with Gasteiger partial charge in [0, 0.05) is 25.6 Å². The molecular formula is C16H21N3O3S. The van der Waals surface area contributed by atoms with E-state index in [1.165, 1.54) is 16.4 Å². The highest BCUT2D eigenvalue weighted by atomic mass is 32.2. The number of nitrogens with one attached hydrogen (secondary N) is 1. The van der Waals surface area contributed by atoms with Crippen molar-refractivity contribution in [1.82, 2.24) is 9.62 Å². The molecule has 1 aliphatic rings. The van der Waals surface area contributed by atoms with Crippen LogP contribution < -0.4 is 5.32 Å². The van der Waals surface area contributed by atoms with Gasteiger partial charge in [-0.3, -0.25) is 4.79 Å². The van der Waals surface area contributed by atoms with Gasteiger partial charge < -0.3 is 5.32 Å². The first-order valence-electron chi connectivity index (χ1n) is 7.77. The van der Waals surface area contributed by atoms with Crippen LogP contribution in [0.4, 0.5) is 0 Å². The van der Waals surface area contributed by atoms with E-state index in [1.807, 2.05) is 13.0 Å². The average Bonchev–Trinajstić information content (AvgIpc) is 2.59. The van der Waals surface area contributed by atoms with Crippen LogP contribution in [0.1, 0.15) is 31.7 Å². The second kappa shape index (κ2) is 7.57. The molecule has 1 saturated heterocycles. The Kier molecular flexibility index (Phi) is 5.74. The van der Waals surface area contributed by atoms with Gasteiger partial charge in [0.15, 0.2) is 0 Å². The van der Waals surface area contributed by atoms with Gasteiger partial charge in [-0.15, -0.1) is 0 Å². The van der Waals surface area contributed by atoms with Crippen molar-refractivity contribution in [2.75, 3.05) is 19.6 Å². The highest BCUT2D eigenvalue weighted by Crippen LogP contribution is 2.25. The molecule has 0 saturated carbocycles. The fourth-order valence-electron chi connectivity index (χ4n) is 2.67. The van der Waals surface area contributed by atoms with Crippen molar-refractivity contribution < 1.29 is 13.2 Å². The highest BCUT2D eigenvalue weighted by Gasteiger charge is 2.33. The number of amides is 1. The first kappa shape index (κ1) is 17.4. The predicted molar refractivity (Wildman–Crippen MR) is 85.9 cm³/mol. The molecule has 2 rings (SSSR count). The Morgan fingerprint density at radius 3 is 2.61 bits per heavy atom. The van der Waals surface area contributed by atoms with Crippen LogP contribution in [-0.2, 0) is 14.8 Å². The van der Waals surface area contributed by atoms with E-state index in [0.29, 0.717) is 32.5 Å². The summed E-state index contributed by atoms with van der Waals surface area (Å²) in [6.45, 7) is 3.23. The molecule has 1 aromatic rings. The van der Waals surface area contributed by atoms with Crippen molar-refractivity contribution >= 4 is 15.9 Å². The summed E-state index contributed by atoms with van der Waals surface area (Å²) in [5.74, 6) is -0.138. The van der Waals surface area contributed by atoms with Gasteiger partial charge in [-0.05, 0) is 31.4 Å². The number of benzene rings is 1. The normalized spacial score (nSPS) is 16.7. The van der Waals surface area contributed by atoms with E-state index >= 15 is 0 Å². The zero-order valence-corrected chi connectivity index (χ0v) is 14.0. The minimum atomic E-state index is -3.69. The summed E-state index contributed by atoms with van der Waals surface area (Å²) in [5, 5.41) is 11.9. The van der Waals surface area contributed by atoms with Gasteiger partial charge in [-0.25, -0.2) is 8.42 Å². The summed E-state index contributed by atoms with van der Waals surface area (Å²) in [7, 11) is -3.69. The van der Waals surface area contributed by atoms with Crippen LogP contribution in [0.5, 0.6) is 0 Å². The van der Waals surface area contributed by atoms with Gasteiger partial charge in [-0.1, -0.05) is 19.1 Å². The van der Waals surface area contributed by atoms with Crippen molar-refractivity contribution in [1.29, 1.82) is 5.26 Å². The van der Waals surface area contributed by atoms with Crippen LogP contribution in [0, 0.1) is 17.2 Å². The molecule has 124 valence electrons. The largest absolute Gasteiger partial charge is 0.356 e. The molecule has 1 N–H and O–H groups in total. The van der Waals surface area contributed by atoms with Crippen LogP contribution >= 0.6 is 0 Å². The van der Waals surface area contributed by atoms with E-state index in [0.717, 1.165) is 6.42 Å². The van der Waals surface area contributed by atoms with Crippen molar-refractivity contribution in [3.63, 3.8) is 0 Å². The fourth-order valence-corrected chi connectivity index (χ4v) is 4.29. The zero-order chi connectivity index (χ0) is 16.9. The minimum absolute atomic E-state index is 0.00122. The third-order valence-electron chi connectivity index (χ3n) is 4.00. The lowest BCUT2D eigenvalue weighted by molar-refractivity contribution is -0.126. The molecule has 1 aromatic carbocycles. The number of carbonyl (C=O) groups is 1. The summed E-state index contributed by atoms with van der Waals surface area (Å²) >= 11 is 0. The van der Waals surface area contributed by atoms with Gasteiger partial charge in [0.2, 0.25) is 15.9 Å². The zero-order valence-electron chi connectivity index (χ0n) is 13.2. The number of carbonyl (C=O) groups excluding carboxylic acids is 1. The number of hydrogen-bond donors (Lipinski definition) is 1. The second-order valence-corrected chi connectivity index (χ2v) is 7.48. The number of nitriles is 1. The Labute approximate surface area is 137 Å². The Morgan fingerprint density at radius 1 is 1.35 bits per heavy atom. The van der Waals surface area contributed by atoms with Crippen LogP contribution in [-0.4, -0.2) is 38.3 Å². The predicted octanol–water partition coefficient (Wildman–Crippen LogP) is 1.49. The lowest BCUT2D eigenvalue weighted by atomic mass is 9.97. The molecule has 0 spiro atoms. The molecule has 0 atom stereocenters. The van der Waals surface area contributed by atoms with Gasteiger partial charge in [0.1, 0.15) is 6.07 Å². The lowest BCUT2D eigenvalue weighted by Crippen LogP contribution is -2.43. The number of sulfonamides is 1. The maximum Gasteiger partial charge on any atom is 0.244 e. The van der Waals surface area contributed by atoms with Crippen LogP contribution in [0.2, 0.25) is 0 Å². The quantitative estimate of drug-likeness (QED) is 0.882. The van der Waals surface area contributed by atoms with E-state index in [2.05, 4.69) is 5.32 Å². The summed E-state index contributed by atoms with van der Waals surface area (Å²) in [4.78, 5) is 12.0. The summed E-state index contributed by atoms with van der Waals surface area (Å²) in [6, 6.07) is 8.12. The summed E-state index contributed by atoms with van der Waals surface area (Å²) in [6.07, 6.45) is 1.89. The van der Waals surface area contributed by atoms with E-state index < -0.39 is 10.0 Å². The van der Waals surface area contributed by atoms with Crippen LogP contribution in [0.3, 0.4) is 0 Å². The first-order chi connectivity index (χ1) is 11.0. The van der Waals surface area contributed by atoms with Crippen molar-refractivity contribution in [3.8, 4) is 6.07 Å². The first-order valence-corrected chi connectivity index (χ1v) is 9.21.